The van der Waals surface area contributed by atoms with Gasteiger partial charge in [0.1, 0.15) is 18.4 Å². The Bertz CT molecular complexity index is 1060. The van der Waals surface area contributed by atoms with Crippen molar-refractivity contribution < 1.29 is 9.53 Å². The largest absolute Gasteiger partial charge is 0.379 e. The lowest BCUT2D eigenvalue weighted by Crippen LogP contribution is -2.36. The van der Waals surface area contributed by atoms with Gasteiger partial charge >= 0.3 is 0 Å². The van der Waals surface area contributed by atoms with E-state index in [-0.39, 0.29) is 5.92 Å². The predicted octanol–water partition coefficient (Wildman–Crippen LogP) is 3.54. The van der Waals surface area contributed by atoms with Crippen molar-refractivity contribution in [2.75, 3.05) is 44.3 Å². The van der Waals surface area contributed by atoms with Crippen molar-refractivity contribution in [2.24, 2.45) is 5.92 Å². The molecule has 6 nitrogen and oxygen atoms in total. The number of hydrogen-bond acceptors (Lipinski definition) is 6. The number of benzene rings is 2. The molecule has 2 aromatic carbocycles. The molecule has 1 aromatic heterocycles. The normalized spacial score (nSPS) is 20.1. The molecule has 160 valence electrons. The predicted molar refractivity (Wildman–Crippen MR) is 122 cm³/mol. The molecule has 3 heterocycles. The van der Waals surface area contributed by atoms with Gasteiger partial charge in [-0.1, -0.05) is 30.3 Å². The summed E-state index contributed by atoms with van der Waals surface area (Å²) in [6.45, 7) is 6.14. The molecule has 1 unspecified atom stereocenters. The smallest absolute Gasteiger partial charge is 0.140 e. The lowest BCUT2D eigenvalue weighted by atomic mass is 9.96. The number of anilines is 1. The Morgan fingerprint density at radius 3 is 2.81 bits per heavy atom. The molecule has 1 atom stereocenters. The van der Waals surface area contributed by atoms with Gasteiger partial charge in [-0.05, 0) is 41.7 Å². The van der Waals surface area contributed by atoms with Crippen LogP contribution in [0.3, 0.4) is 0 Å². The van der Waals surface area contributed by atoms with Crippen molar-refractivity contribution in [3.63, 3.8) is 0 Å². The molecule has 2 fully saturated rings. The van der Waals surface area contributed by atoms with E-state index in [2.05, 4.69) is 56.2 Å². The first-order valence-electron chi connectivity index (χ1n) is 11.2. The molecule has 31 heavy (non-hydrogen) atoms. The van der Waals surface area contributed by atoms with Gasteiger partial charge in [0, 0.05) is 38.6 Å². The monoisotopic (exact) mass is 416 g/mol. The number of fused-ring (bicyclic) bond motifs is 1. The van der Waals surface area contributed by atoms with Crippen LogP contribution < -0.4 is 4.90 Å². The number of hydrogen-bond donors (Lipinski definition) is 0. The Kier molecular flexibility index (Phi) is 5.91. The number of carbonyl (C=O) groups excluding carboxylic acids is 1. The Morgan fingerprint density at radius 2 is 1.94 bits per heavy atom. The zero-order valence-electron chi connectivity index (χ0n) is 17.7. The highest BCUT2D eigenvalue weighted by Gasteiger charge is 2.23. The summed E-state index contributed by atoms with van der Waals surface area (Å²) in [7, 11) is 0. The number of nitrogens with zero attached hydrogens (tertiary/aromatic N) is 4. The van der Waals surface area contributed by atoms with E-state index >= 15 is 0 Å². The minimum atomic E-state index is 0.0720. The summed E-state index contributed by atoms with van der Waals surface area (Å²) in [5, 5.41) is 1.07. The average Bonchev–Trinajstić information content (AvgIpc) is 2.84. The van der Waals surface area contributed by atoms with Crippen molar-refractivity contribution in [3.8, 4) is 11.1 Å². The molecule has 2 saturated heterocycles. The van der Waals surface area contributed by atoms with E-state index in [0.717, 1.165) is 87.3 Å². The van der Waals surface area contributed by atoms with Crippen molar-refractivity contribution in [2.45, 2.75) is 19.4 Å². The molecule has 2 aliphatic rings. The summed E-state index contributed by atoms with van der Waals surface area (Å²) in [4.78, 5) is 25.3. The van der Waals surface area contributed by atoms with E-state index in [1.807, 2.05) is 6.07 Å². The molecule has 0 amide bonds. The highest BCUT2D eigenvalue weighted by molar-refractivity contribution is 6.02. The summed E-state index contributed by atoms with van der Waals surface area (Å²) in [5.74, 6) is 1.01. The lowest BCUT2D eigenvalue weighted by molar-refractivity contribution is -0.111. The maximum Gasteiger partial charge on any atom is 0.140 e. The number of aldehydes is 1. The Morgan fingerprint density at radius 1 is 1.06 bits per heavy atom. The van der Waals surface area contributed by atoms with E-state index in [1.165, 1.54) is 11.1 Å². The quantitative estimate of drug-likeness (QED) is 0.593. The maximum atomic E-state index is 11.4. The average molecular weight is 417 g/mol. The molecule has 2 aliphatic heterocycles. The highest BCUT2D eigenvalue weighted by Crippen LogP contribution is 2.35. The van der Waals surface area contributed by atoms with Gasteiger partial charge in [-0.25, -0.2) is 9.97 Å². The second-order valence-electron chi connectivity index (χ2n) is 8.47. The van der Waals surface area contributed by atoms with Gasteiger partial charge in [0.2, 0.25) is 0 Å². The van der Waals surface area contributed by atoms with Gasteiger partial charge in [0.25, 0.3) is 0 Å². The van der Waals surface area contributed by atoms with Crippen LogP contribution in [-0.4, -0.2) is 60.5 Å². The van der Waals surface area contributed by atoms with Crippen LogP contribution in [-0.2, 0) is 16.1 Å². The third kappa shape index (κ3) is 4.31. The maximum absolute atomic E-state index is 11.4. The van der Waals surface area contributed by atoms with Crippen molar-refractivity contribution in [1.82, 2.24) is 14.9 Å². The SMILES string of the molecule is O=CC1CCCN(c2ncnc3cccc(-c4cccc(CN5CCOCC5)c4)c23)C1. The highest BCUT2D eigenvalue weighted by atomic mass is 16.5. The third-order valence-corrected chi connectivity index (χ3v) is 6.34. The molecule has 6 heteroatoms. The first-order chi connectivity index (χ1) is 15.3. The van der Waals surface area contributed by atoms with Gasteiger partial charge in [-0.2, -0.15) is 0 Å². The number of rotatable bonds is 5. The molecule has 0 N–H and O–H groups in total. The molecule has 0 bridgehead atoms. The first kappa shape index (κ1) is 20.1. The molecule has 0 saturated carbocycles. The summed E-state index contributed by atoms with van der Waals surface area (Å²) in [6.07, 6.45) is 4.69. The van der Waals surface area contributed by atoms with Crippen LogP contribution in [0.15, 0.2) is 48.8 Å². The van der Waals surface area contributed by atoms with E-state index in [0.29, 0.717) is 0 Å². The number of aromatic nitrogens is 2. The van der Waals surface area contributed by atoms with Crippen molar-refractivity contribution >= 4 is 23.0 Å². The standard InChI is InChI=1S/C25H28N4O2/c30-17-20-5-3-9-29(16-20)25-24-22(7-2-8-23(24)26-18-27-25)21-6-1-4-19(14-21)15-28-10-12-31-13-11-28/h1-2,4,6-8,14,17-18,20H,3,5,9-13,15-16H2. The molecule has 5 rings (SSSR count). The van der Waals surface area contributed by atoms with E-state index in [1.54, 1.807) is 6.33 Å². The number of morpholine rings is 1. The Labute approximate surface area is 182 Å². The van der Waals surface area contributed by atoms with Gasteiger partial charge < -0.3 is 14.4 Å². The van der Waals surface area contributed by atoms with Crippen LogP contribution in [0, 0.1) is 5.92 Å². The number of ether oxygens (including phenoxy) is 1. The fraction of sp³-hybridized carbons (Fsp3) is 0.400. The topological polar surface area (TPSA) is 58.6 Å². The summed E-state index contributed by atoms with van der Waals surface area (Å²) >= 11 is 0. The van der Waals surface area contributed by atoms with Gasteiger partial charge in [0.05, 0.1) is 24.1 Å². The van der Waals surface area contributed by atoms with Gasteiger partial charge in [-0.15, -0.1) is 0 Å². The van der Waals surface area contributed by atoms with Crippen LogP contribution in [0.2, 0.25) is 0 Å². The van der Waals surface area contributed by atoms with Crippen molar-refractivity contribution in [3.05, 3.63) is 54.4 Å². The van der Waals surface area contributed by atoms with E-state index in [4.69, 9.17) is 4.74 Å². The second kappa shape index (κ2) is 9.12. The van der Waals surface area contributed by atoms with Gasteiger partial charge in [-0.3, -0.25) is 4.90 Å². The van der Waals surface area contributed by atoms with Crippen LogP contribution in [0.25, 0.3) is 22.0 Å². The fourth-order valence-corrected chi connectivity index (χ4v) is 4.74. The number of piperidine rings is 1. The Balaban J connectivity index is 1.53. The van der Waals surface area contributed by atoms with Crippen LogP contribution in [0.5, 0.6) is 0 Å². The fourth-order valence-electron chi connectivity index (χ4n) is 4.74. The van der Waals surface area contributed by atoms with Crippen LogP contribution in [0.4, 0.5) is 5.82 Å². The van der Waals surface area contributed by atoms with E-state index < -0.39 is 0 Å². The lowest BCUT2D eigenvalue weighted by Gasteiger charge is -2.32. The zero-order chi connectivity index (χ0) is 21.0. The number of carbonyl (C=O) groups is 1. The summed E-state index contributed by atoms with van der Waals surface area (Å²) in [5.41, 5.74) is 4.56. The zero-order valence-corrected chi connectivity index (χ0v) is 17.7. The minimum absolute atomic E-state index is 0.0720. The minimum Gasteiger partial charge on any atom is -0.379 e. The second-order valence-corrected chi connectivity index (χ2v) is 8.47. The Hall–Kier alpha value is -2.83. The molecule has 0 radical (unpaired) electrons. The molecular weight excluding hydrogens is 388 g/mol. The summed E-state index contributed by atoms with van der Waals surface area (Å²) in [6, 6.07) is 15.0. The molecule has 0 spiro atoms. The van der Waals surface area contributed by atoms with Gasteiger partial charge in [0.15, 0.2) is 0 Å². The van der Waals surface area contributed by atoms with Crippen LogP contribution >= 0.6 is 0 Å². The first-order valence-corrected chi connectivity index (χ1v) is 11.2. The molecular formula is C25H28N4O2. The van der Waals surface area contributed by atoms with Crippen molar-refractivity contribution in [1.29, 1.82) is 0 Å². The summed E-state index contributed by atoms with van der Waals surface area (Å²) < 4.78 is 5.48. The van der Waals surface area contributed by atoms with E-state index in [9.17, 15) is 4.79 Å². The molecule has 0 aliphatic carbocycles. The van der Waals surface area contributed by atoms with Crippen LogP contribution in [0.1, 0.15) is 18.4 Å². The third-order valence-electron chi connectivity index (χ3n) is 6.34. The molecule has 3 aromatic rings.